The summed E-state index contributed by atoms with van der Waals surface area (Å²) >= 11 is 0. The Kier molecular flexibility index (Phi) is 19.9. The van der Waals surface area contributed by atoms with E-state index in [-0.39, 0.29) is 55.2 Å². The van der Waals surface area contributed by atoms with Crippen LogP contribution in [0.5, 0.6) is 0 Å². The standard InChI is InChI=1S/C30H48N4O6.2BrH/c1-5-33(6-2,25-27-11-15-29(16-12-27)31(35)36)19-23-39-21-9-10-22-40-24-20-34(7-3,8-4)26-28-13-17-30(18-14-28)32(37)38;;/h11-18H,5-10,19-26H2,1-4H3;2*1H/q+2;;/p-2. The summed E-state index contributed by atoms with van der Waals surface area (Å²) in [5.41, 5.74) is 2.46. The van der Waals surface area contributed by atoms with E-state index in [1.165, 1.54) is 0 Å². The van der Waals surface area contributed by atoms with Crippen LogP contribution in [-0.4, -0.2) is 84.5 Å². The number of ether oxygens (including phenoxy) is 2. The van der Waals surface area contributed by atoms with Crippen LogP contribution in [0.4, 0.5) is 11.4 Å². The highest BCUT2D eigenvalue weighted by molar-refractivity contribution is 5.33. The molecular formula is C30H48Br2N4O6. The van der Waals surface area contributed by atoms with E-state index in [2.05, 4.69) is 27.7 Å². The topological polar surface area (TPSA) is 105 Å². The lowest BCUT2D eigenvalue weighted by atomic mass is 10.1. The van der Waals surface area contributed by atoms with E-state index in [4.69, 9.17) is 9.47 Å². The minimum Gasteiger partial charge on any atom is -1.00 e. The summed E-state index contributed by atoms with van der Waals surface area (Å²) in [6, 6.07) is 13.8. The minimum atomic E-state index is -0.363. The summed E-state index contributed by atoms with van der Waals surface area (Å²) in [6.07, 6.45) is 1.90. The molecule has 0 bridgehead atoms. The Hall–Kier alpha value is -1.96. The summed E-state index contributed by atoms with van der Waals surface area (Å²) in [5, 5.41) is 21.8. The molecule has 0 aliphatic heterocycles. The van der Waals surface area contributed by atoms with Crippen molar-refractivity contribution in [3.05, 3.63) is 79.9 Å². The van der Waals surface area contributed by atoms with Crippen LogP contribution in [0.25, 0.3) is 0 Å². The molecule has 2 aromatic carbocycles. The van der Waals surface area contributed by atoms with E-state index < -0.39 is 0 Å². The van der Waals surface area contributed by atoms with Crippen molar-refractivity contribution in [3.63, 3.8) is 0 Å². The lowest BCUT2D eigenvalue weighted by Crippen LogP contribution is -3.00. The maximum Gasteiger partial charge on any atom is 0.269 e. The van der Waals surface area contributed by atoms with Crippen molar-refractivity contribution in [3.8, 4) is 0 Å². The van der Waals surface area contributed by atoms with Crippen LogP contribution in [0.15, 0.2) is 48.5 Å². The zero-order valence-corrected chi connectivity index (χ0v) is 28.7. The average Bonchev–Trinajstić information content (AvgIpc) is 2.97. The van der Waals surface area contributed by atoms with Crippen LogP contribution in [0.1, 0.15) is 51.7 Å². The number of nitro groups is 2. The molecule has 0 saturated heterocycles. The van der Waals surface area contributed by atoms with Gasteiger partial charge >= 0.3 is 0 Å². The Labute approximate surface area is 272 Å². The normalized spacial score (nSPS) is 11.4. The minimum absolute atomic E-state index is 0. The van der Waals surface area contributed by atoms with Gasteiger partial charge in [0.15, 0.2) is 0 Å². The van der Waals surface area contributed by atoms with Gasteiger partial charge in [-0.3, -0.25) is 20.2 Å². The van der Waals surface area contributed by atoms with Crippen molar-refractivity contribution >= 4 is 11.4 Å². The van der Waals surface area contributed by atoms with Crippen LogP contribution < -0.4 is 34.0 Å². The summed E-state index contributed by atoms with van der Waals surface area (Å²) < 4.78 is 13.7. The average molecular weight is 721 g/mol. The Morgan fingerprint density at radius 3 is 1.14 bits per heavy atom. The molecule has 12 heteroatoms. The van der Waals surface area contributed by atoms with Gasteiger partial charge in [0.2, 0.25) is 0 Å². The highest BCUT2D eigenvalue weighted by Crippen LogP contribution is 2.19. The predicted molar refractivity (Wildman–Crippen MR) is 157 cm³/mol. The second-order valence-corrected chi connectivity index (χ2v) is 10.5. The number of hydrogen-bond donors (Lipinski definition) is 0. The molecule has 10 nitrogen and oxygen atoms in total. The zero-order chi connectivity index (χ0) is 29.4. The van der Waals surface area contributed by atoms with Crippen LogP contribution >= 0.6 is 0 Å². The Morgan fingerprint density at radius 1 is 0.571 bits per heavy atom. The molecule has 42 heavy (non-hydrogen) atoms. The highest BCUT2D eigenvalue weighted by Gasteiger charge is 2.25. The summed E-state index contributed by atoms with van der Waals surface area (Å²) in [7, 11) is 0. The van der Waals surface area contributed by atoms with Crippen molar-refractivity contribution in [2.24, 2.45) is 0 Å². The Bertz CT molecular complexity index is 950. The highest BCUT2D eigenvalue weighted by atomic mass is 79.9. The van der Waals surface area contributed by atoms with Crippen molar-refractivity contribution in [2.75, 3.05) is 65.7 Å². The van der Waals surface area contributed by atoms with E-state index in [0.29, 0.717) is 26.4 Å². The molecular weight excluding hydrogens is 672 g/mol. The number of rotatable bonds is 21. The first-order chi connectivity index (χ1) is 19.2. The van der Waals surface area contributed by atoms with Crippen molar-refractivity contribution in [1.82, 2.24) is 0 Å². The molecule has 0 amide bonds. The number of nitro benzene ring substituents is 2. The summed E-state index contributed by atoms with van der Waals surface area (Å²) in [4.78, 5) is 21.1. The van der Waals surface area contributed by atoms with Gasteiger partial charge in [0.1, 0.15) is 26.2 Å². The van der Waals surface area contributed by atoms with Gasteiger partial charge < -0.3 is 52.4 Å². The largest absolute Gasteiger partial charge is 1.00 e. The molecule has 0 aliphatic carbocycles. The fraction of sp³-hybridized carbons (Fsp3) is 0.600. The van der Waals surface area contributed by atoms with Gasteiger partial charge in [0.25, 0.3) is 11.4 Å². The third-order valence-corrected chi connectivity index (χ3v) is 8.26. The molecule has 0 aromatic heterocycles. The lowest BCUT2D eigenvalue weighted by Gasteiger charge is -2.37. The lowest BCUT2D eigenvalue weighted by molar-refractivity contribution is -0.938. The first kappa shape index (κ1) is 40.0. The molecule has 0 fully saturated rings. The van der Waals surface area contributed by atoms with E-state index in [9.17, 15) is 20.2 Å². The number of likely N-dealkylation sites (N-methyl/N-ethyl adjacent to an activating group) is 2. The predicted octanol–water partition coefficient (Wildman–Crippen LogP) is -0.262. The zero-order valence-electron chi connectivity index (χ0n) is 25.5. The van der Waals surface area contributed by atoms with E-state index in [1.807, 2.05) is 24.3 Å². The molecule has 0 heterocycles. The van der Waals surface area contributed by atoms with Gasteiger partial charge in [-0.05, 0) is 64.8 Å². The van der Waals surface area contributed by atoms with Crippen molar-refractivity contribution in [1.29, 1.82) is 0 Å². The molecule has 0 spiro atoms. The molecule has 0 aliphatic rings. The third kappa shape index (κ3) is 13.1. The third-order valence-electron chi connectivity index (χ3n) is 8.26. The summed E-state index contributed by atoms with van der Waals surface area (Å²) in [5.74, 6) is 0. The number of nitrogens with zero attached hydrogens (tertiary/aromatic N) is 4. The number of hydrogen-bond acceptors (Lipinski definition) is 6. The van der Waals surface area contributed by atoms with Gasteiger partial charge in [-0.25, -0.2) is 0 Å². The van der Waals surface area contributed by atoms with E-state index in [0.717, 1.165) is 85.3 Å². The Morgan fingerprint density at radius 2 is 0.881 bits per heavy atom. The first-order valence-electron chi connectivity index (χ1n) is 14.5. The number of non-ortho nitro benzene ring substituents is 2. The maximum absolute atomic E-state index is 10.9. The van der Waals surface area contributed by atoms with Gasteiger partial charge in [-0.1, -0.05) is 0 Å². The van der Waals surface area contributed by atoms with Crippen LogP contribution in [0, 0.1) is 20.2 Å². The van der Waals surface area contributed by atoms with Crippen LogP contribution in [-0.2, 0) is 22.6 Å². The van der Waals surface area contributed by atoms with Gasteiger partial charge in [0.05, 0.1) is 49.2 Å². The molecule has 0 saturated carbocycles. The second kappa shape index (κ2) is 20.9. The Balaban J connectivity index is 0.00000840. The molecule has 0 N–H and O–H groups in total. The van der Waals surface area contributed by atoms with Gasteiger partial charge in [-0.2, -0.15) is 0 Å². The smallest absolute Gasteiger partial charge is 0.269 e. The first-order valence-corrected chi connectivity index (χ1v) is 14.5. The van der Waals surface area contributed by atoms with Crippen LogP contribution in [0.3, 0.4) is 0 Å². The molecule has 0 radical (unpaired) electrons. The fourth-order valence-electron chi connectivity index (χ4n) is 5.03. The van der Waals surface area contributed by atoms with Crippen LogP contribution in [0.2, 0.25) is 0 Å². The number of benzene rings is 2. The monoisotopic (exact) mass is 718 g/mol. The van der Waals surface area contributed by atoms with Gasteiger partial charge in [0, 0.05) is 48.6 Å². The summed E-state index contributed by atoms with van der Waals surface area (Å²) in [6.45, 7) is 18.9. The number of quaternary nitrogens is 2. The molecule has 2 rings (SSSR count). The van der Waals surface area contributed by atoms with E-state index in [1.54, 1.807) is 24.3 Å². The number of halogens is 2. The fourth-order valence-corrected chi connectivity index (χ4v) is 5.03. The van der Waals surface area contributed by atoms with Crippen molar-refractivity contribution < 1.29 is 62.2 Å². The number of unbranched alkanes of at least 4 members (excludes halogenated alkanes) is 1. The van der Waals surface area contributed by atoms with Gasteiger partial charge in [-0.15, -0.1) is 0 Å². The quantitative estimate of drug-likeness (QED) is 0.0763. The maximum atomic E-state index is 10.9. The SMILES string of the molecule is CC[N+](CC)(CCOCCCCOCC[N+](CC)(CC)Cc1ccc([N+](=O)[O-])cc1)Cc1ccc([N+](=O)[O-])cc1.[Br-].[Br-]. The van der Waals surface area contributed by atoms with Crippen molar-refractivity contribution in [2.45, 2.75) is 53.6 Å². The molecule has 0 unspecified atom stereocenters. The molecule has 0 atom stereocenters. The molecule has 238 valence electrons. The molecule has 2 aromatic rings. The second-order valence-electron chi connectivity index (χ2n) is 10.5. The van der Waals surface area contributed by atoms with E-state index >= 15 is 0 Å².